The van der Waals surface area contributed by atoms with Crippen LogP contribution in [0.25, 0.3) is 0 Å². The molecule has 1 atom stereocenters. The van der Waals surface area contributed by atoms with E-state index in [4.69, 9.17) is 14.2 Å². The van der Waals surface area contributed by atoms with Crippen molar-refractivity contribution in [3.8, 4) is 0 Å². The van der Waals surface area contributed by atoms with E-state index in [0.29, 0.717) is 19.3 Å². The minimum absolute atomic E-state index is 0.0816. The molecule has 0 aliphatic heterocycles. The van der Waals surface area contributed by atoms with E-state index in [1.165, 1.54) is 128 Å². The molecule has 402 valence electrons. The summed E-state index contributed by atoms with van der Waals surface area (Å²) in [5.41, 5.74) is 0. The van der Waals surface area contributed by atoms with Gasteiger partial charge >= 0.3 is 17.9 Å². The first-order valence-electron chi connectivity index (χ1n) is 29.6. The van der Waals surface area contributed by atoms with Crippen LogP contribution in [0.4, 0.5) is 0 Å². The lowest BCUT2D eigenvalue weighted by molar-refractivity contribution is -0.167. The molecule has 0 aromatic heterocycles. The number of ether oxygens (including phenoxy) is 3. The Morgan fingerprint density at radius 3 is 0.943 bits per heavy atom. The molecular weight excluding hydrogens is 865 g/mol. The third-order valence-electron chi connectivity index (χ3n) is 12.6. The van der Waals surface area contributed by atoms with E-state index in [-0.39, 0.29) is 31.1 Å². The Hall–Kier alpha value is -3.41. The molecule has 0 aromatic carbocycles. The molecule has 70 heavy (non-hydrogen) atoms. The number of hydrogen-bond donors (Lipinski definition) is 0. The van der Waals surface area contributed by atoms with Crippen LogP contribution in [0.2, 0.25) is 0 Å². The van der Waals surface area contributed by atoms with Gasteiger partial charge in [0.15, 0.2) is 6.10 Å². The van der Waals surface area contributed by atoms with Crippen LogP contribution in [0.15, 0.2) is 85.1 Å². The second-order valence-electron chi connectivity index (χ2n) is 19.5. The maximum Gasteiger partial charge on any atom is 0.306 e. The van der Waals surface area contributed by atoms with E-state index in [2.05, 4.69) is 106 Å². The van der Waals surface area contributed by atoms with Crippen molar-refractivity contribution in [2.24, 2.45) is 0 Å². The number of esters is 3. The van der Waals surface area contributed by atoms with Crippen molar-refractivity contribution < 1.29 is 28.6 Å². The molecule has 0 aliphatic carbocycles. The zero-order chi connectivity index (χ0) is 50.7. The van der Waals surface area contributed by atoms with E-state index < -0.39 is 6.10 Å². The van der Waals surface area contributed by atoms with Crippen LogP contribution < -0.4 is 0 Å². The molecule has 0 radical (unpaired) electrons. The highest BCUT2D eigenvalue weighted by Gasteiger charge is 2.19. The normalized spacial score (nSPS) is 12.7. The quantitative estimate of drug-likeness (QED) is 0.0261. The second-order valence-corrected chi connectivity index (χ2v) is 19.5. The fraction of sp³-hybridized carbons (Fsp3) is 0.734. The number of hydrogen-bond acceptors (Lipinski definition) is 6. The average Bonchev–Trinajstić information content (AvgIpc) is 3.36. The predicted molar refractivity (Wildman–Crippen MR) is 302 cm³/mol. The Bertz CT molecular complexity index is 1350. The molecule has 0 saturated carbocycles. The molecule has 0 N–H and O–H groups in total. The molecule has 6 nitrogen and oxygen atoms in total. The molecule has 0 aliphatic rings. The summed E-state index contributed by atoms with van der Waals surface area (Å²) in [6.45, 7) is 6.44. The van der Waals surface area contributed by atoms with Gasteiger partial charge in [0.2, 0.25) is 0 Å². The molecule has 0 saturated heterocycles. The molecule has 0 fully saturated rings. The van der Waals surface area contributed by atoms with Gasteiger partial charge in [-0.15, -0.1) is 0 Å². The van der Waals surface area contributed by atoms with Gasteiger partial charge in [0.25, 0.3) is 0 Å². The molecule has 0 heterocycles. The highest BCUT2D eigenvalue weighted by atomic mass is 16.6. The molecule has 1 unspecified atom stereocenters. The Balaban J connectivity index is 4.16. The van der Waals surface area contributed by atoms with Crippen molar-refractivity contribution in [2.75, 3.05) is 13.2 Å². The SMILES string of the molecule is CC/C=C\C/C=C\C/C=C\C/C=C\C/C=C\CCCCCCCCCCCCCCCC(=O)OCC(COC(=O)CCCCCCC/C=C\CCC)OC(=O)CCCCCCC/C=C\CCCCCC. The Morgan fingerprint density at radius 2 is 0.586 bits per heavy atom. The Labute approximate surface area is 433 Å². The van der Waals surface area contributed by atoms with Crippen molar-refractivity contribution >= 4 is 17.9 Å². The third-order valence-corrected chi connectivity index (χ3v) is 12.6. The zero-order valence-electron chi connectivity index (χ0n) is 46.0. The van der Waals surface area contributed by atoms with Crippen molar-refractivity contribution in [3.63, 3.8) is 0 Å². The lowest BCUT2D eigenvalue weighted by atomic mass is 10.0. The maximum absolute atomic E-state index is 12.8. The monoisotopic (exact) mass is 975 g/mol. The van der Waals surface area contributed by atoms with E-state index >= 15 is 0 Å². The van der Waals surface area contributed by atoms with Crippen LogP contribution >= 0.6 is 0 Å². The van der Waals surface area contributed by atoms with Crippen molar-refractivity contribution in [1.82, 2.24) is 0 Å². The van der Waals surface area contributed by atoms with Gasteiger partial charge in [-0.05, 0) is 109 Å². The summed E-state index contributed by atoms with van der Waals surface area (Å²) in [5.74, 6) is -0.897. The average molecular weight is 976 g/mol. The standard InChI is InChI=1S/C64H110O6/c1-4-7-10-13-16-19-22-24-25-26-27-28-29-30-31-32-33-34-35-36-37-38-39-41-42-45-48-51-54-57-63(66)69-60-61(59-68-62(65)56-53-50-47-44-21-18-15-12-9-6-3)70-64(67)58-55-52-49-46-43-40-23-20-17-14-11-8-5-2/h7,10,12,15-16,19-20,23-25,27-28,30-31,61H,4-6,8-9,11,13-14,17-18,21-22,26,29,32-60H2,1-3H3/b10-7-,15-12-,19-16-,23-20-,25-24-,28-27-,31-30-. The van der Waals surface area contributed by atoms with E-state index in [1.807, 2.05) is 0 Å². The van der Waals surface area contributed by atoms with Gasteiger partial charge in [-0.25, -0.2) is 0 Å². The zero-order valence-corrected chi connectivity index (χ0v) is 46.0. The predicted octanol–water partition coefficient (Wildman–Crippen LogP) is 19.9. The number of carbonyl (C=O) groups is 3. The van der Waals surface area contributed by atoms with Crippen LogP contribution in [0, 0.1) is 0 Å². The molecule has 0 aromatic rings. The van der Waals surface area contributed by atoms with E-state index in [0.717, 1.165) is 116 Å². The van der Waals surface area contributed by atoms with Gasteiger partial charge in [-0.1, -0.05) is 241 Å². The van der Waals surface area contributed by atoms with Gasteiger partial charge in [0, 0.05) is 19.3 Å². The number of carbonyl (C=O) groups excluding carboxylic acids is 3. The third kappa shape index (κ3) is 55.5. The fourth-order valence-electron chi connectivity index (χ4n) is 8.17. The number of unbranched alkanes of at least 4 members (excludes halogenated alkanes) is 28. The van der Waals surface area contributed by atoms with Crippen molar-refractivity contribution in [1.29, 1.82) is 0 Å². The van der Waals surface area contributed by atoms with E-state index in [9.17, 15) is 14.4 Å². The lowest BCUT2D eigenvalue weighted by Crippen LogP contribution is -2.30. The highest BCUT2D eigenvalue weighted by molar-refractivity contribution is 5.71. The lowest BCUT2D eigenvalue weighted by Gasteiger charge is -2.18. The van der Waals surface area contributed by atoms with E-state index in [1.54, 1.807) is 0 Å². The first-order valence-corrected chi connectivity index (χ1v) is 29.6. The highest BCUT2D eigenvalue weighted by Crippen LogP contribution is 2.16. The van der Waals surface area contributed by atoms with Crippen LogP contribution in [-0.2, 0) is 28.6 Å². The Morgan fingerprint density at radius 1 is 0.300 bits per heavy atom. The number of rotatable bonds is 53. The van der Waals surface area contributed by atoms with Crippen LogP contribution in [0.5, 0.6) is 0 Å². The van der Waals surface area contributed by atoms with Crippen molar-refractivity contribution in [2.45, 2.75) is 290 Å². The first kappa shape index (κ1) is 66.6. The molecular formula is C64H110O6. The summed E-state index contributed by atoms with van der Waals surface area (Å²) < 4.78 is 16.8. The summed E-state index contributed by atoms with van der Waals surface area (Å²) in [7, 11) is 0. The summed E-state index contributed by atoms with van der Waals surface area (Å²) >= 11 is 0. The molecule has 0 rings (SSSR count). The van der Waals surface area contributed by atoms with Gasteiger partial charge in [0.05, 0.1) is 0 Å². The second kappa shape index (κ2) is 58.2. The largest absolute Gasteiger partial charge is 0.462 e. The van der Waals surface area contributed by atoms with Crippen LogP contribution in [-0.4, -0.2) is 37.2 Å². The summed E-state index contributed by atoms with van der Waals surface area (Å²) in [6.07, 6.45) is 75.9. The molecule has 0 spiro atoms. The fourth-order valence-corrected chi connectivity index (χ4v) is 8.17. The van der Waals surface area contributed by atoms with Gasteiger partial charge in [0.1, 0.15) is 13.2 Å². The minimum Gasteiger partial charge on any atom is -0.462 e. The minimum atomic E-state index is -0.782. The smallest absolute Gasteiger partial charge is 0.306 e. The summed E-state index contributed by atoms with van der Waals surface area (Å²) in [4.78, 5) is 38.0. The molecule has 0 amide bonds. The van der Waals surface area contributed by atoms with Gasteiger partial charge in [-0.3, -0.25) is 14.4 Å². The number of allylic oxidation sites excluding steroid dienone is 14. The van der Waals surface area contributed by atoms with Crippen molar-refractivity contribution in [3.05, 3.63) is 85.1 Å². The maximum atomic E-state index is 12.8. The first-order chi connectivity index (χ1) is 34.5. The summed E-state index contributed by atoms with van der Waals surface area (Å²) in [6, 6.07) is 0. The van der Waals surface area contributed by atoms with Gasteiger partial charge in [-0.2, -0.15) is 0 Å². The Kier molecular flexibility index (Phi) is 55.3. The summed E-state index contributed by atoms with van der Waals surface area (Å²) in [5, 5.41) is 0. The molecule has 0 bridgehead atoms. The molecule has 6 heteroatoms. The van der Waals surface area contributed by atoms with Crippen LogP contribution in [0.3, 0.4) is 0 Å². The van der Waals surface area contributed by atoms with Crippen LogP contribution in [0.1, 0.15) is 284 Å². The topological polar surface area (TPSA) is 78.9 Å². The van der Waals surface area contributed by atoms with Gasteiger partial charge < -0.3 is 14.2 Å².